The molecular weight excluding hydrogens is 100 g/mol. The van der Waals surface area contributed by atoms with E-state index in [-0.39, 0.29) is 6.10 Å². The molecule has 1 heteroatoms. The predicted molar refractivity (Wildman–Crippen MR) is 34.3 cm³/mol. The molecule has 0 aliphatic rings. The molecule has 0 saturated carbocycles. The standard InChI is InChI=1S/C7H10O/c1-3-4-5-6-7(2)8/h5-8H,1-2H3. The van der Waals surface area contributed by atoms with Gasteiger partial charge in [-0.25, -0.2) is 0 Å². The van der Waals surface area contributed by atoms with Gasteiger partial charge in [-0.15, -0.1) is 5.92 Å². The van der Waals surface area contributed by atoms with E-state index in [1.807, 2.05) is 0 Å². The molecule has 1 unspecified atom stereocenters. The van der Waals surface area contributed by atoms with Crippen molar-refractivity contribution in [1.29, 1.82) is 0 Å². The SMILES string of the molecule is CC#CC=CC(C)O. The summed E-state index contributed by atoms with van der Waals surface area (Å²) in [5.74, 6) is 5.36. The number of aliphatic hydroxyl groups is 1. The average Bonchev–Trinajstić information content (AvgIpc) is 1.66. The van der Waals surface area contributed by atoms with E-state index in [4.69, 9.17) is 5.11 Å². The van der Waals surface area contributed by atoms with Crippen molar-refractivity contribution in [3.63, 3.8) is 0 Å². The highest BCUT2D eigenvalue weighted by atomic mass is 16.3. The molecule has 0 bridgehead atoms. The van der Waals surface area contributed by atoms with Crippen LogP contribution < -0.4 is 0 Å². The monoisotopic (exact) mass is 110 g/mol. The Kier molecular flexibility index (Phi) is 4.01. The van der Waals surface area contributed by atoms with Crippen LogP contribution in [0.4, 0.5) is 0 Å². The normalized spacial score (nSPS) is 12.9. The summed E-state index contributed by atoms with van der Waals surface area (Å²) < 4.78 is 0. The predicted octanol–water partition coefficient (Wildman–Crippen LogP) is 0.947. The van der Waals surface area contributed by atoms with E-state index >= 15 is 0 Å². The molecule has 0 radical (unpaired) electrons. The van der Waals surface area contributed by atoms with Crippen molar-refractivity contribution in [2.75, 3.05) is 0 Å². The molecule has 0 spiro atoms. The maximum absolute atomic E-state index is 8.62. The van der Waals surface area contributed by atoms with Gasteiger partial charge in [-0.05, 0) is 26.0 Å². The van der Waals surface area contributed by atoms with Crippen LogP contribution in [0.2, 0.25) is 0 Å². The van der Waals surface area contributed by atoms with E-state index in [1.54, 1.807) is 26.0 Å². The van der Waals surface area contributed by atoms with Crippen LogP contribution in [0, 0.1) is 11.8 Å². The van der Waals surface area contributed by atoms with Gasteiger partial charge in [-0.1, -0.05) is 5.92 Å². The molecule has 0 aromatic carbocycles. The molecule has 0 rings (SSSR count). The minimum atomic E-state index is -0.379. The first-order valence-electron chi connectivity index (χ1n) is 2.54. The van der Waals surface area contributed by atoms with Crippen LogP contribution in [-0.4, -0.2) is 11.2 Å². The lowest BCUT2D eigenvalue weighted by molar-refractivity contribution is 0.244. The van der Waals surface area contributed by atoms with E-state index in [9.17, 15) is 0 Å². The maximum atomic E-state index is 8.62. The Morgan fingerprint density at radius 3 is 2.62 bits per heavy atom. The first-order chi connectivity index (χ1) is 3.77. The van der Waals surface area contributed by atoms with Gasteiger partial charge in [0, 0.05) is 0 Å². The Morgan fingerprint density at radius 1 is 1.62 bits per heavy atom. The number of hydrogen-bond acceptors (Lipinski definition) is 1. The molecule has 0 heterocycles. The van der Waals surface area contributed by atoms with Gasteiger partial charge in [0.1, 0.15) is 0 Å². The molecule has 8 heavy (non-hydrogen) atoms. The van der Waals surface area contributed by atoms with Gasteiger partial charge >= 0.3 is 0 Å². The minimum absolute atomic E-state index is 0.379. The average molecular weight is 110 g/mol. The van der Waals surface area contributed by atoms with E-state index < -0.39 is 0 Å². The van der Waals surface area contributed by atoms with Crippen LogP contribution in [0.5, 0.6) is 0 Å². The van der Waals surface area contributed by atoms with Crippen LogP contribution >= 0.6 is 0 Å². The van der Waals surface area contributed by atoms with Crippen molar-refractivity contribution in [1.82, 2.24) is 0 Å². The summed E-state index contributed by atoms with van der Waals surface area (Å²) in [7, 11) is 0. The summed E-state index contributed by atoms with van der Waals surface area (Å²) in [5.41, 5.74) is 0. The van der Waals surface area contributed by atoms with E-state index in [0.29, 0.717) is 0 Å². The summed E-state index contributed by atoms with van der Waals surface area (Å²) >= 11 is 0. The van der Waals surface area contributed by atoms with Gasteiger partial charge in [0.05, 0.1) is 6.10 Å². The fraction of sp³-hybridized carbons (Fsp3) is 0.429. The smallest absolute Gasteiger partial charge is 0.0701 e. The summed E-state index contributed by atoms with van der Waals surface area (Å²) in [6.45, 7) is 3.44. The molecule has 0 aliphatic carbocycles. The van der Waals surface area contributed by atoms with Crippen molar-refractivity contribution in [2.45, 2.75) is 20.0 Å². The third-order valence-corrected chi connectivity index (χ3v) is 0.602. The molecule has 0 amide bonds. The topological polar surface area (TPSA) is 20.2 Å². The number of hydrogen-bond donors (Lipinski definition) is 1. The molecular formula is C7H10O. The van der Waals surface area contributed by atoms with Crippen molar-refractivity contribution >= 4 is 0 Å². The fourth-order valence-corrected chi connectivity index (χ4v) is 0.271. The Balaban J connectivity index is 3.45. The highest BCUT2D eigenvalue weighted by Gasteiger charge is 1.79. The van der Waals surface area contributed by atoms with Gasteiger partial charge in [0.15, 0.2) is 0 Å². The zero-order valence-electron chi connectivity index (χ0n) is 5.18. The second-order valence-electron chi connectivity index (χ2n) is 1.49. The Bertz CT molecular complexity index is 123. The van der Waals surface area contributed by atoms with Gasteiger partial charge in [-0.3, -0.25) is 0 Å². The fourth-order valence-electron chi connectivity index (χ4n) is 0.271. The number of rotatable bonds is 1. The van der Waals surface area contributed by atoms with Crippen molar-refractivity contribution in [2.24, 2.45) is 0 Å². The zero-order valence-corrected chi connectivity index (χ0v) is 5.18. The van der Waals surface area contributed by atoms with Crippen LogP contribution in [0.1, 0.15) is 13.8 Å². The molecule has 44 valence electrons. The second-order valence-corrected chi connectivity index (χ2v) is 1.49. The first-order valence-corrected chi connectivity index (χ1v) is 2.54. The summed E-state index contributed by atoms with van der Waals surface area (Å²) in [6.07, 6.45) is 2.90. The van der Waals surface area contributed by atoms with Crippen molar-refractivity contribution in [3.05, 3.63) is 12.2 Å². The van der Waals surface area contributed by atoms with Crippen molar-refractivity contribution < 1.29 is 5.11 Å². The Hall–Kier alpha value is -0.740. The number of aliphatic hydroxyl groups excluding tert-OH is 1. The lowest BCUT2D eigenvalue weighted by atomic mass is 10.3. The molecule has 0 saturated heterocycles. The third-order valence-electron chi connectivity index (χ3n) is 0.602. The second kappa shape index (κ2) is 4.42. The molecule has 1 N–H and O–H groups in total. The van der Waals surface area contributed by atoms with E-state index in [2.05, 4.69) is 11.8 Å². The lowest BCUT2D eigenvalue weighted by Gasteiger charge is -1.87. The Morgan fingerprint density at radius 2 is 2.25 bits per heavy atom. The highest BCUT2D eigenvalue weighted by molar-refractivity contribution is 5.14. The van der Waals surface area contributed by atoms with E-state index in [1.165, 1.54) is 0 Å². The minimum Gasteiger partial charge on any atom is -0.389 e. The molecule has 0 fully saturated rings. The third kappa shape index (κ3) is 5.26. The lowest BCUT2D eigenvalue weighted by Crippen LogP contribution is -1.90. The quantitative estimate of drug-likeness (QED) is 0.498. The van der Waals surface area contributed by atoms with Gasteiger partial charge in [-0.2, -0.15) is 0 Å². The maximum Gasteiger partial charge on any atom is 0.0701 e. The largest absolute Gasteiger partial charge is 0.389 e. The van der Waals surface area contributed by atoms with Gasteiger partial charge in [0.25, 0.3) is 0 Å². The molecule has 0 aromatic heterocycles. The highest BCUT2D eigenvalue weighted by Crippen LogP contribution is 1.79. The number of allylic oxidation sites excluding steroid dienone is 1. The van der Waals surface area contributed by atoms with Crippen molar-refractivity contribution in [3.8, 4) is 11.8 Å². The van der Waals surface area contributed by atoms with Gasteiger partial charge in [0.2, 0.25) is 0 Å². The molecule has 1 nitrogen and oxygen atoms in total. The van der Waals surface area contributed by atoms with Crippen LogP contribution in [-0.2, 0) is 0 Å². The van der Waals surface area contributed by atoms with Gasteiger partial charge < -0.3 is 5.11 Å². The molecule has 0 aromatic rings. The zero-order chi connectivity index (χ0) is 6.41. The summed E-state index contributed by atoms with van der Waals surface area (Å²) in [4.78, 5) is 0. The molecule has 1 atom stereocenters. The van der Waals surface area contributed by atoms with E-state index in [0.717, 1.165) is 0 Å². The summed E-state index contributed by atoms with van der Waals surface area (Å²) in [5, 5.41) is 8.62. The molecule has 0 aliphatic heterocycles. The first kappa shape index (κ1) is 7.26. The van der Waals surface area contributed by atoms with Crippen LogP contribution in [0.3, 0.4) is 0 Å². The van der Waals surface area contributed by atoms with Crippen LogP contribution in [0.25, 0.3) is 0 Å². The Labute approximate surface area is 50.0 Å². The van der Waals surface area contributed by atoms with Crippen LogP contribution in [0.15, 0.2) is 12.2 Å². The summed E-state index contributed by atoms with van der Waals surface area (Å²) in [6, 6.07) is 0.